The molecule has 0 saturated carbocycles. The Labute approximate surface area is 171 Å². The highest BCUT2D eigenvalue weighted by molar-refractivity contribution is 7.85. The predicted molar refractivity (Wildman–Crippen MR) is 112 cm³/mol. The van der Waals surface area contributed by atoms with E-state index in [4.69, 9.17) is 4.55 Å². The van der Waals surface area contributed by atoms with Crippen molar-refractivity contribution in [3.05, 3.63) is 96.9 Å². The Balaban J connectivity index is 1.92. The Morgan fingerprint density at radius 1 is 0.867 bits per heavy atom. The van der Waals surface area contributed by atoms with Crippen LogP contribution in [0.15, 0.2) is 79.3 Å². The Morgan fingerprint density at radius 2 is 1.57 bits per heavy atom. The number of benzene rings is 3. The summed E-state index contributed by atoms with van der Waals surface area (Å²) < 4.78 is 31.1. The minimum atomic E-state index is -4.32. The van der Waals surface area contributed by atoms with Gasteiger partial charge in [-0.2, -0.15) is 18.6 Å². The zero-order valence-corrected chi connectivity index (χ0v) is 16.9. The van der Waals surface area contributed by atoms with E-state index in [9.17, 15) is 18.0 Å². The summed E-state index contributed by atoms with van der Waals surface area (Å²) in [6, 6.07) is 13.2. The summed E-state index contributed by atoms with van der Waals surface area (Å²) in [5.41, 5.74) is 7.17. The van der Waals surface area contributed by atoms with Gasteiger partial charge >= 0.3 is 0 Å². The number of hydrogen-bond acceptors (Lipinski definition) is 8. The molecule has 0 heterocycles. The Hall–Kier alpha value is -3.63. The van der Waals surface area contributed by atoms with Crippen LogP contribution in [0, 0.1) is 13.8 Å². The summed E-state index contributed by atoms with van der Waals surface area (Å²) in [6.45, 7) is 3.87. The third-order valence-corrected chi connectivity index (χ3v) is 5.07. The number of anilines is 2. The van der Waals surface area contributed by atoms with E-state index in [-0.39, 0.29) is 15.6 Å². The van der Waals surface area contributed by atoms with Gasteiger partial charge in [0.1, 0.15) is 5.36 Å². The highest BCUT2D eigenvalue weighted by Gasteiger charge is 2.08. The predicted octanol–water partition coefficient (Wildman–Crippen LogP) is 1.00. The van der Waals surface area contributed by atoms with Gasteiger partial charge in [0.2, 0.25) is 10.9 Å². The highest BCUT2D eigenvalue weighted by atomic mass is 32.2. The van der Waals surface area contributed by atoms with Crippen molar-refractivity contribution in [1.29, 1.82) is 0 Å². The van der Waals surface area contributed by atoms with Gasteiger partial charge in [0.15, 0.2) is 5.36 Å². The zero-order valence-electron chi connectivity index (χ0n) is 16.1. The van der Waals surface area contributed by atoms with Gasteiger partial charge in [0.25, 0.3) is 10.1 Å². The molecule has 0 bridgehead atoms. The molecule has 30 heavy (non-hydrogen) atoms. The third kappa shape index (κ3) is 4.85. The molecular formula is C20H18N4O5S. The second-order valence-electron chi connectivity index (χ2n) is 6.53. The van der Waals surface area contributed by atoms with E-state index in [1.807, 2.05) is 32.0 Å². The minimum absolute atomic E-state index is 0.0110. The van der Waals surface area contributed by atoms with Crippen molar-refractivity contribution in [2.24, 2.45) is 10.2 Å². The standard InChI is InChI=1S/C20H18N4O5S/c1-12-3-8-16(13(2)11-12)22-23-17-9-10-18(25)19(20(17)26)24-21-14-4-6-15(7-5-14)30(27,28)29/h3-11,21-22H,1-2H3,(H,27,28,29). The summed E-state index contributed by atoms with van der Waals surface area (Å²) in [5, 5.41) is 7.56. The fourth-order valence-electron chi connectivity index (χ4n) is 2.62. The first kappa shape index (κ1) is 21.1. The molecule has 0 saturated heterocycles. The van der Waals surface area contributed by atoms with Crippen LogP contribution >= 0.6 is 0 Å². The summed E-state index contributed by atoms with van der Waals surface area (Å²) in [7, 11) is -4.32. The van der Waals surface area contributed by atoms with Crippen LogP contribution in [0.2, 0.25) is 0 Å². The van der Waals surface area contributed by atoms with Crippen LogP contribution < -0.4 is 32.4 Å². The number of nitrogens with one attached hydrogen (secondary N) is 2. The Kier molecular flexibility index (Phi) is 5.90. The largest absolute Gasteiger partial charge is 0.294 e. The molecule has 0 amide bonds. The normalized spacial score (nSPS) is 12.8. The van der Waals surface area contributed by atoms with E-state index in [2.05, 4.69) is 21.1 Å². The minimum Gasteiger partial charge on any atom is -0.287 e. The summed E-state index contributed by atoms with van der Waals surface area (Å²) in [5.74, 6) is 0. The summed E-state index contributed by atoms with van der Waals surface area (Å²) in [6.07, 6.45) is 0. The first-order valence-corrected chi connectivity index (χ1v) is 10.2. The number of nitrogens with zero attached hydrogens (tertiary/aromatic N) is 2. The number of rotatable bonds is 5. The van der Waals surface area contributed by atoms with Crippen molar-refractivity contribution < 1.29 is 13.0 Å². The van der Waals surface area contributed by atoms with Gasteiger partial charge in [-0.05, 0) is 61.9 Å². The Bertz CT molecular complexity index is 1420. The summed E-state index contributed by atoms with van der Waals surface area (Å²) >= 11 is 0. The van der Waals surface area contributed by atoms with Gasteiger partial charge in [-0.25, -0.2) is 0 Å². The molecule has 0 aromatic heterocycles. The monoisotopic (exact) mass is 426 g/mol. The van der Waals surface area contributed by atoms with Gasteiger partial charge in [0, 0.05) is 0 Å². The third-order valence-electron chi connectivity index (χ3n) is 4.20. The molecule has 3 N–H and O–H groups in total. The average molecular weight is 426 g/mol. The fraction of sp³-hybridized carbons (Fsp3) is 0.100. The lowest BCUT2D eigenvalue weighted by atomic mass is 10.1. The van der Waals surface area contributed by atoms with E-state index in [0.29, 0.717) is 5.69 Å². The van der Waals surface area contributed by atoms with Gasteiger partial charge < -0.3 is 0 Å². The van der Waals surface area contributed by atoms with E-state index < -0.39 is 21.0 Å². The molecule has 154 valence electrons. The van der Waals surface area contributed by atoms with E-state index in [1.165, 1.54) is 24.3 Å². The lowest BCUT2D eigenvalue weighted by molar-refractivity contribution is 0.483. The second-order valence-corrected chi connectivity index (χ2v) is 7.95. The molecule has 0 aliphatic heterocycles. The molecule has 3 rings (SSSR count). The molecule has 3 aromatic rings. The van der Waals surface area contributed by atoms with Gasteiger partial charge in [-0.3, -0.25) is 25.0 Å². The number of aryl methyl sites for hydroxylation is 2. The van der Waals surface area contributed by atoms with Crippen molar-refractivity contribution in [3.8, 4) is 0 Å². The average Bonchev–Trinajstić information content (AvgIpc) is 2.68. The maximum atomic E-state index is 12.6. The lowest BCUT2D eigenvalue weighted by Crippen LogP contribution is -2.47. The molecule has 0 fully saturated rings. The zero-order chi connectivity index (χ0) is 21.9. The van der Waals surface area contributed by atoms with E-state index >= 15 is 0 Å². The molecule has 0 spiro atoms. The molecule has 0 atom stereocenters. The molecule has 0 aliphatic carbocycles. The smallest absolute Gasteiger partial charge is 0.287 e. The maximum absolute atomic E-state index is 12.6. The quantitative estimate of drug-likeness (QED) is 0.409. The van der Waals surface area contributed by atoms with Gasteiger partial charge in [0.05, 0.1) is 16.3 Å². The van der Waals surface area contributed by atoms with Crippen molar-refractivity contribution in [2.45, 2.75) is 18.7 Å². The molecule has 0 unspecified atom stereocenters. The lowest BCUT2D eigenvalue weighted by Gasteiger charge is -2.05. The van der Waals surface area contributed by atoms with Crippen LogP contribution in [-0.4, -0.2) is 13.0 Å². The molecular weight excluding hydrogens is 408 g/mol. The van der Waals surface area contributed by atoms with Gasteiger partial charge in [-0.1, -0.05) is 17.7 Å². The Morgan fingerprint density at radius 3 is 2.20 bits per heavy atom. The van der Waals surface area contributed by atoms with Crippen LogP contribution in [0.3, 0.4) is 0 Å². The van der Waals surface area contributed by atoms with Crippen LogP contribution in [0.25, 0.3) is 0 Å². The SMILES string of the molecule is Cc1ccc(NN=c2ccc(=O)c(=NNc3ccc(S(=O)(=O)O)cc3)c2=O)c(C)c1. The van der Waals surface area contributed by atoms with Crippen LogP contribution in [0.5, 0.6) is 0 Å². The van der Waals surface area contributed by atoms with Crippen LogP contribution in [0.4, 0.5) is 11.4 Å². The summed E-state index contributed by atoms with van der Waals surface area (Å²) in [4.78, 5) is 24.3. The van der Waals surface area contributed by atoms with E-state index in [1.54, 1.807) is 0 Å². The first-order valence-electron chi connectivity index (χ1n) is 8.74. The van der Waals surface area contributed by atoms with Crippen molar-refractivity contribution >= 4 is 21.5 Å². The van der Waals surface area contributed by atoms with Crippen molar-refractivity contribution in [3.63, 3.8) is 0 Å². The van der Waals surface area contributed by atoms with Crippen molar-refractivity contribution in [1.82, 2.24) is 0 Å². The topological polar surface area (TPSA) is 137 Å². The second kappa shape index (κ2) is 8.39. The maximum Gasteiger partial charge on any atom is 0.294 e. The van der Waals surface area contributed by atoms with Gasteiger partial charge in [-0.15, -0.1) is 0 Å². The van der Waals surface area contributed by atoms with Crippen molar-refractivity contribution in [2.75, 3.05) is 10.9 Å². The number of hydrogen-bond donors (Lipinski definition) is 3. The molecule has 9 nitrogen and oxygen atoms in total. The first-order chi connectivity index (χ1) is 14.1. The van der Waals surface area contributed by atoms with Crippen LogP contribution in [0.1, 0.15) is 11.1 Å². The molecule has 0 radical (unpaired) electrons. The fourth-order valence-corrected chi connectivity index (χ4v) is 3.10. The molecule has 10 heteroatoms. The highest BCUT2D eigenvalue weighted by Crippen LogP contribution is 2.15. The molecule has 3 aromatic carbocycles. The molecule has 0 aliphatic rings. The van der Waals surface area contributed by atoms with Crippen LogP contribution in [-0.2, 0) is 10.1 Å². The van der Waals surface area contributed by atoms with E-state index in [0.717, 1.165) is 28.9 Å².